The number of aliphatic hydroxyl groups is 1. The second kappa shape index (κ2) is 8.57. The van der Waals surface area contributed by atoms with Crippen LogP contribution in [0.3, 0.4) is 0 Å². The van der Waals surface area contributed by atoms with Crippen molar-refractivity contribution in [3.63, 3.8) is 0 Å². The fraction of sp³-hybridized carbons (Fsp3) is 0.391. The number of benzene rings is 2. The highest BCUT2D eigenvalue weighted by atomic mass is 16.5. The van der Waals surface area contributed by atoms with Crippen LogP contribution in [0.4, 0.5) is 0 Å². The molecule has 0 saturated heterocycles. The van der Waals surface area contributed by atoms with E-state index >= 15 is 0 Å². The molecular formula is C23H27NO4. The Morgan fingerprint density at radius 1 is 1.07 bits per heavy atom. The largest absolute Gasteiger partial charge is 0.489 e. The summed E-state index contributed by atoms with van der Waals surface area (Å²) in [6, 6.07) is 17.2. The first-order valence-electron chi connectivity index (χ1n) is 9.61. The van der Waals surface area contributed by atoms with E-state index in [9.17, 15) is 14.7 Å². The topological polar surface area (TPSA) is 66.8 Å². The summed E-state index contributed by atoms with van der Waals surface area (Å²) in [4.78, 5) is 26.0. The quantitative estimate of drug-likeness (QED) is 0.834. The van der Waals surface area contributed by atoms with Gasteiger partial charge in [0.25, 0.3) is 0 Å². The highest BCUT2D eigenvalue weighted by molar-refractivity contribution is 5.86. The lowest BCUT2D eigenvalue weighted by Gasteiger charge is -2.39. The first-order valence-corrected chi connectivity index (χ1v) is 9.61. The van der Waals surface area contributed by atoms with Crippen LogP contribution in [0.2, 0.25) is 0 Å². The first kappa shape index (κ1) is 20.1. The van der Waals surface area contributed by atoms with Crippen molar-refractivity contribution in [1.29, 1.82) is 0 Å². The standard InChI is InChI=1S/C23H27NO4/c1-24(2)22(26)21(23(27)14-12-19(25)13-15-23)18-8-10-20(11-9-18)28-16-17-6-4-3-5-7-17/h3-11,21,27H,12-16H2,1-2H3. The average molecular weight is 381 g/mol. The molecule has 1 fully saturated rings. The maximum Gasteiger partial charge on any atom is 0.232 e. The van der Waals surface area contributed by atoms with Crippen LogP contribution in [0, 0.1) is 0 Å². The second-order valence-corrected chi connectivity index (χ2v) is 7.65. The molecule has 1 amide bonds. The Hall–Kier alpha value is -2.66. The average Bonchev–Trinajstić information content (AvgIpc) is 2.70. The zero-order valence-electron chi connectivity index (χ0n) is 16.4. The van der Waals surface area contributed by atoms with Gasteiger partial charge in [0.1, 0.15) is 18.1 Å². The molecule has 2 aromatic rings. The van der Waals surface area contributed by atoms with E-state index in [1.54, 1.807) is 14.1 Å². The van der Waals surface area contributed by atoms with E-state index in [0.717, 1.165) is 11.1 Å². The number of rotatable bonds is 6. The highest BCUT2D eigenvalue weighted by Crippen LogP contribution is 2.40. The van der Waals surface area contributed by atoms with Gasteiger partial charge in [-0.1, -0.05) is 42.5 Å². The fourth-order valence-corrected chi connectivity index (χ4v) is 3.69. The van der Waals surface area contributed by atoms with Crippen molar-refractivity contribution >= 4 is 11.7 Å². The number of ketones is 1. The molecule has 28 heavy (non-hydrogen) atoms. The molecule has 2 aromatic carbocycles. The van der Waals surface area contributed by atoms with Gasteiger partial charge < -0.3 is 14.7 Å². The van der Waals surface area contributed by atoms with E-state index in [-0.39, 0.29) is 11.7 Å². The highest BCUT2D eigenvalue weighted by Gasteiger charge is 2.45. The molecular weight excluding hydrogens is 354 g/mol. The molecule has 5 nitrogen and oxygen atoms in total. The molecule has 1 saturated carbocycles. The molecule has 148 valence electrons. The fourth-order valence-electron chi connectivity index (χ4n) is 3.69. The summed E-state index contributed by atoms with van der Waals surface area (Å²) in [6.07, 6.45) is 1.24. The third-order valence-electron chi connectivity index (χ3n) is 5.36. The molecule has 0 aromatic heterocycles. The Morgan fingerprint density at radius 2 is 1.68 bits per heavy atom. The minimum atomic E-state index is -1.21. The number of hydrogen-bond acceptors (Lipinski definition) is 4. The van der Waals surface area contributed by atoms with E-state index in [1.807, 2.05) is 54.6 Å². The maximum absolute atomic E-state index is 12.9. The van der Waals surface area contributed by atoms with Crippen LogP contribution in [0.5, 0.6) is 5.75 Å². The van der Waals surface area contributed by atoms with Gasteiger partial charge in [-0.15, -0.1) is 0 Å². The number of Topliss-reactive ketones (excluding diaryl/α,β-unsaturated/α-hetero) is 1. The van der Waals surface area contributed by atoms with Crippen molar-refractivity contribution in [3.05, 3.63) is 65.7 Å². The molecule has 1 N–H and O–H groups in total. The van der Waals surface area contributed by atoms with Gasteiger partial charge in [-0.3, -0.25) is 9.59 Å². The molecule has 1 aliphatic rings. The van der Waals surface area contributed by atoms with Crippen molar-refractivity contribution in [2.75, 3.05) is 14.1 Å². The summed E-state index contributed by atoms with van der Waals surface area (Å²) < 4.78 is 5.82. The molecule has 0 bridgehead atoms. The van der Waals surface area contributed by atoms with Gasteiger partial charge in [-0.2, -0.15) is 0 Å². The number of nitrogens with zero attached hydrogens (tertiary/aromatic N) is 1. The van der Waals surface area contributed by atoms with E-state index < -0.39 is 11.5 Å². The van der Waals surface area contributed by atoms with E-state index in [1.165, 1.54) is 4.90 Å². The summed E-state index contributed by atoms with van der Waals surface area (Å²) in [5.74, 6) is -0.00608. The van der Waals surface area contributed by atoms with Gasteiger partial charge in [-0.05, 0) is 36.1 Å². The predicted molar refractivity (Wildman–Crippen MR) is 107 cm³/mol. The summed E-state index contributed by atoms with van der Waals surface area (Å²) in [7, 11) is 3.37. The molecule has 0 heterocycles. The van der Waals surface area contributed by atoms with E-state index in [0.29, 0.717) is 38.0 Å². The van der Waals surface area contributed by atoms with Crippen LogP contribution in [0.25, 0.3) is 0 Å². The van der Waals surface area contributed by atoms with E-state index in [4.69, 9.17) is 4.74 Å². The Bertz CT molecular complexity index is 804. The zero-order valence-corrected chi connectivity index (χ0v) is 16.4. The molecule has 3 rings (SSSR count). The molecule has 1 atom stereocenters. The summed E-state index contributed by atoms with van der Waals surface area (Å²) in [6.45, 7) is 0.465. The number of carbonyl (C=O) groups excluding carboxylic acids is 2. The first-order chi connectivity index (χ1) is 13.4. The Balaban J connectivity index is 1.78. The predicted octanol–water partition coefficient (Wildman–Crippen LogP) is 3.31. The van der Waals surface area contributed by atoms with Crippen molar-refractivity contribution in [2.24, 2.45) is 0 Å². The summed E-state index contributed by atoms with van der Waals surface area (Å²) in [5.41, 5.74) is 0.609. The maximum atomic E-state index is 12.9. The second-order valence-electron chi connectivity index (χ2n) is 7.65. The van der Waals surface area contributed by atoms with Crippen molar-refractivity contribution in [1.82, 2.24) is 4.90 Å². The van der Waals surface area contributed by atoms with Gasteiger partial charge in [0.15, 0.2) is 0 Å². The van der Waals surface area contributed by atoms with Crippen molar-refractivity contribution in [2.45, 2.75) is 43.8 Å². The number of amides is 1. The molecule has 1 aliphatic carbocycles. The molecule has 0 aliphatic heterocycles. The lowest BCUT2D eigenvalue weighted by Crippen LogP contribution is -2.47. The molecule has 0 radical (unpaired) electrons. The van der Waals surface area contributed by atoms with Crippen LogP contribution in [-0.2, 0) is 16.2 Å². The minimum Gasteiger partial charge on any atom is -0.489 e. The lowest BCUT2D eigenvalue weighted by atomic mass is 9.72. The smallest absolute Gasteiger partial charge is 0.232 e. The summed E-state index contributed by atoms with van der Waals surface area (Å²) >= 11 is 0. The minimum absolute atomic E-state index is 0.144. The number of ether oxygens (including phenoxy) is 1. The number of carbonyl (C=O) groups is 2. The monoisotopic (exact) mass is 381 g/mol. The third-order valence-corrected chi connectivity index (χ3v) is 5.36. The van der Waals surface area contributed by atoms with E-state index in [2.05, 4.69) is 0 Å². The Morgan fingerprint density at radius 3 is 2.25 bits per heavy atom. The molecule has 5 heteroatoms. The normalized spacial score (nSPS) is 17.0. The van der Waals surface area contributed by atoms with Crippen LogP contribution >= 0.6 is 0 Å². The van der Waals surface area contributed by atoms with Gasteiger partial charge in [-0.25, -0.2) is 0 Å². The Kier molecular flexibility index (Phi) is 6.15. The van der Waals surface area contributed by atoms with Gasteiger partial charge in [0.2, 0.25) is 5.91 Å². The third kappa shape index (κ3) is 4.60. The SMILES string of the molecule is CN(C)C(=O)C(c1ccc(OCc2ccccc2)cc1)C1(O)CCC(=O)CC1. The molecule has 1 unspecified atom stereocenters. The van der Waals surface area contributed by atoms with Crippen molar-refractivity contribution in [3.8, 4) is 5.75 Å². The summed E-state index contributed by atoms with van der Waals surface area (Å²) in [5, 5.41) is 11.2. The van der Waals surface area contributed by atoms with Crippen LogP contribution in [0.1, 0.15) is 42.7 Å². The Labute approximate surface area is 165 Å². The number of likely N-dealkylation sites (N-methyl/N-ethyl adjacent to an activating group) is 1. The number of hydrogen-bond donors (Lipinski definition) is 1. The van der Waals surface area contributed by atoms with Gasteiger partial charge in [0, 0.05) is 26.9 Å². The zero-order chi connectivity index (χ0) is 20.1. The van der Waals surface area contributed by atoms with Crippen LogP contribution < -0.4 is 4.74 Å². The van der Waals surface area contributed by atoms with Gasteiger partial charge in [0.05, 0.1) is 11.5 Å². The van der Waals surface area contributed by atoms with Crippen LogP contribution in [-0.4, -0.2) is 41.4 Å². The lowest BCUT2D eigenvalue weighted by molar-refractivity contribution is -0.142. The van der Waals surface area contributed by atoms with Crippen LogP contribution in [0.15, 0.2) is 54.6 Å². The molecule has 0 spiro atoms. The van der Waals surface area contributed by atoms with Crippen molar-refractivity contribution < 1.29 is 19.4 Å². The van der Waals surface area contributed by atoms with Gasteiger partial charge >= 0.3 is 0 Å².